The molecule has 0 amide bonds. The zero-order valence-corrected chi connectivity index (χ0v) is 9.84. The second-order valence-electron chi connectivity index (χ2n) is 3.60. The lowest BCUT2D eigenvalue weighted by Gasteiger charge is -2.08. The number of nitrogens with zero attached hydrogens (tertiary/aromatic N) is 3. The van der Waals surface area contributed by atoms with E-state index in [1.54, 1.807) is 0 Å². The van der Waals surface area contributed by atoms with Gasteiger partial charge < -0.3 is 10.5 Å². The quantitative estimate of drug-likeness (QED) is 0.844. The van der Waals surface area contributed by atoms with Crippen LogP contribution < -0.4 is 10.5 Å². The predicted octanol–water partition coefficient (Wildman–Crippen LogP) is 1.34. The van der Waals surface area contributed by atoms with Crippen molar-refractivity contribution < 1.29 is 4.74 Å². The summed E-state index contributed by atoms with van der Waals surface area (Å²) in [5.74, 6) is 0.833. The fourth-order valence-corrected chi connectivity index (χ4v) is 1.61. The highest BCUT2D eigenvalue weighted by Gasteiger charge is 2.10. The Morgan fingerprint density at radius 3 is 2.71 bits per heavy atom. The van der Waals surface area contributed by atoms with E-state index in [-0.39, 0.29) is 0 Å². The maximum absolute atomic E-state index is 5.68. The van der Waals surface area contributed by atoms with Crippen LogP contribution in [0.5, 0.6) is 5.75 Å². The molecule has 0 saturated carbocycles. The number of aromatic nitrogens is 3. The minimum Gasteiger partial charge on any atom is -0.487 e. The molecule has 0 atom stereocenters. The molecule has 1 heterocycles. The van der Waals surface area contributed by atoms with Gasteiger partial charge in [0.05, 0.1) is 0 Å². The van der Waals surface area contributed by atoms with Crippen molar-refractivity contribution in [3.8, 4) is 5.75 Å². The third kappa shape index (κ3) is 2.62. The molecule has 0 radical (unpaired) electrons. The Morgan fingerprint density at radius 1 is 1.29 bits per heavy atom. The Balaban J connectivity index is 2.10. The van der Waals surface area contributed by atoms with Crippen LogP contribution in [0.4, 0.5) is 0 Å². The molecule has 1 aromatic heterocycles. The first-order chi connectivity index (χ1) is 8.35. The number of aryl methyl sites for hydroxylation is 1. The molecule has 0 unspecified atom stereocenters. The summed E-state index contributed by atoms with van der Waals surface area (Å²) < 4.78 is 7.49. The number of benzene rings is 1. The number of ether oxygens (including phenoxy) is 1. The molecule has 0 aliphatic rings. The van der Waals surface area contributed by atoms with Gasteiger partial charge in [-0.15, -0.1) is 5.10 Å². The fourth-order valence-electron chi connectivity index (χ4n) is 1.61. The van der Waals surface area contributed by atoms with Gasteiger partial charge in [0, 0.05) is 13.1 Å². The van der Waals surface area contributed by atoms with E-state index in [1.807, 2.05) is 41.9 Å². The first kappa shape index (κ1) is 11.6. The summed E-state index contributed by atoms with van der Waals surface area (Å²) in [5, 5.41) is 8.05. The van der Waals surface area contributed by atoms with Crippen molar-refractivity contribution in [3.05, 3.63) is 41.7 Å². The lowest BCUT2D eigenvalue weighted by molar-refractivity contribution is 0.291. The molecular weight excluding hydrogens is 216 g/mol. The molecule has 5 heteroatoms. The number of hydrogen-bond acceptors (Lipinski definition) is 4. The van der Waals surface area contributed by atoms with Gasteiger partial charge in [-0.3, -0.25) is 0 Å². The molecule has 90 valence electrons. The zero-order valence-electron chi connectivity index (χ0n) is 9.84. The summed E-state index contributed by atoms with van der Waals surface area (Å²) in [7, 11) is 0. The lowest BCUT2D eigenvalue weighted by atomic mass is 10.3. The number of nitrogens with two attached hydrogens (primary N) is 1. The average Bonchev–Trinajstić information content (AvgIpc) is 2.79. The average molecular weight is 232 g/mol. The van der Waals surface area contributed by atoms with Crippen molar-refractivity contribution in [2.24, 2.45) is 5.73 Å². The van der Waals surface area contributed by atoms with Crippen LogP contribution in [0.3, 0.4) is 0 Å². The molecule has 2 aromatic rings. The standard InChI is InChI=1S/C12H16N4O/c1-2-16-12(11(8-13)14-15-16)9-17-10-6-4-3-5-7-10/h3-7H,2,8-9,13H2,1H3. The SMILES string of the molecule is CCn1nnc(CN)c1COc1ccccc1. The molecular formula is C12H16N4O. The first-order valence-electron chi connectivity index (χ1n) is 5.64. The smallest absolute Gasteiger partial charge is 0.132 e. The maximum atomic E-state index is 5.68. The highest BCUT2D eigenvalue weighted by Crippen LogP contribution is 2.13. The fraction of sp³-hybridized carbons (Fsp3) is 0.333. The van der Waals surface area contributed by atoms with Crippen LogP contribution in [0.25, 0.3) is 0 Å². The highest BCUT2D eigenvalue weighted by molar-refractivity contribution is 5.21. The summed E-state index contributed by atoms with van der Waals surface area (Å²) in [6.07, 6.45) is 0. The van der Waals surface area contributed by atoms with Gasteiger partial charge in [0.1, 0.15) is 23.7 Å². The van der Waals surface area contributed by atoms with Gasteiger partial charge in [-0.05, 0) is 19.1 Å². The van der Waals surface area contributed by atoms with Gasteiger partial charge in [0.2, 0.25) is 0 Å². The van der Waals surface area contributed by atoms with Crippen LogP contribution in [0.15, 0.2) is 30.3 Å². The van der Waals surface area contributed by atoms with Crippen molar-refractivity contribution in [2.75, 3.05) is 0 Å². The predicted molar refractivity (Wildman–Crippen MR) is 64.4 cm³/mol. The molecule has 5 nitrogen and oxygen atoms in total. The molecule has 2 N–H and O–H groups in total. The van der Waals surface area contributed by atoms with E-state index in [0.29, 0.717) is 13.2 Å². The largest absolute Gasteiger partial charge is 0.487 e. The van der Waals surface area contributed by atoms with E-state index in [2.05, 4.69) is 10.3 Å². The van der Waals surface area contributed by atoms with Crippen molar-refractivity contribution >= 4 is 0 Å². The number of hydrogen-bond donors (Lipinski definition) is 1. The van der Waals surface area contributed by atoms with E-state index >= 15 is 0 Å². The molecule has 0 aliphatic carbocycles. The van der Waals surface area contributed by atoms with Gasteiger partial charge >= 0.3 is 0 Å². The summed E-state index contributed by atoms with van der Waals surface area (Å²) >= 11 is 0. The molecule has 2 rings (SSSR count). The topological polar surface area (TPSA) is 66.0 Å². The molecule has 0 bridgehead atoms. The molecule has 0 spiro atoms. The van der Waals surface area contributed by atoms with Gasteiger partial charge in [-0.1, -0.05) is 23.4 Å². The zero-order chi connectivity index (χ0) is 12.1. The van der Waals surface area contributed by atoms with Crippen LogP contribution in [0, 0.1) is 0 Å². The highest BCUT2D eigenvalue weighted by atomic mass is 16.5. The van der Waals surface area contributed by atoms with Crippen LogP contribution >= 0.6 is 0 Å². The summed E-state index contributed by atoms with van der Waals surface area (Å²) in [4.78, 5) is 0. The second-order valence-corrected chi connectivity index (χ2v) is 3.60. The van der Waals surface area contributed by atoms with Crippen molar-refractivity contribution in [3.63, 3.8) is 0 Å². The van der Waals surface area contributed by atoms with Gasteiger partial charge in [-0.2, -0.15) is 0 Å². The third-order valence-corrected chi connectivity index (χ3v) is 2.53. The van der Waals surface area contributed by atoms with E-state index in [1.165, 1.54) is 0 Å². The van der Waals surface area contributed by atoms with Crippen molar-refractivity contribution in [1.82, 2.24) is 15.0 Å². The summed E-state index contributed by atoms with van der Waals surface area (Å²) in [6, 6.07) is 9.67. The van der Waals surface area contributed by atoms with E-state index in [9.17, 15) is 0 Å². The Labute approximate surface area is 100 Å². The van der Waals surface area contributed by atoms with Crippen LogP contribution in [-0.2, 0) is 19.7 Å². The van der Waals surface area contributed by atoms with Crippen LogP contribution in [0.1, 0.15) is 18.3 Å². The minimum absolute atomic E-state index is 0.382. The van der Waals surface area contributed by atoms with Crippen LogP contribution in [0.2, 0.25) is 0 Å². The number of rotatable bonds is 5. The first-order valence-corrected chi connectivity index (χ1v) is 5.64. The minimum atomic E-state index is 0.382. The number of para-hydroxylation sites is 1. The van der Waals surface area contributed by atoms with Crippen molar-refractivity contribution in [1.29, 1.82) is 0 Å². The molecule has 0 aliphatic heterocycles. The second kappa shape index (κ2) is 5.45. The van der Waals surface area contributed by atoms with E-state index < -0.39 is 0 Å². The summed E-state index contributed by atoms with van der Waals surface area (Å²) in [6.45, 7) is 3.60. The lowest BCUT2D eigenvalue weighted by Crippen LogP contribution is -2.09. The molecule has 17 heavy (non-hydrogen) atoms. The van der Waals surface area contributed by atoms with E-state index in [0.717, 1.165) is 23.7 Å². The van der Waals surface area contributed by atoms with E-state index in [4.69, 9.17) is 10.5 Å². The molecule has 0 saturated heterocycles. The van der Waals surface area contributed by atoms with Crippen molar-refractivity contribution in [2.45, 2.75) is 26.6 Å². The summed E-state index contributed by atoms with van der Waals surface area (Å²) in [5.41, 5.74) is 7.35. The molecule has 0 fully saturated rings. The Morgan fingerprint density at radius 2 is 2.06 bits per heavy atom. The van der Waals surface area contributed by atoms with Gasteiger partial charge in [0.25, 0.3) is 0 Å². The van der Waals surface area contributed by atoms with Gasteiger partial charge in [-0.25, -0.2) is 4.68 Å². The Kier molecular flexibility index (Phi) is 3.72. The normalized spacial score (nSPS) is 10.5. The monoisotopic (exact) mass is 232 g/mol. The van der Waals surface area contributed by atoms with Crippen LogP contribution in [-0.4, -0.2) is 15.0 Å². The Bertz CT molecular complexity index is 445. The third-order valence-electron chi connectivity index (χ3n) is 2.53. The Hall–Kier alpha value is -1.88. The molecule has 1 aromatic carbocycles. The van der Waals surface area contributed by atoms with Gasteiger partial charge in [0.15, 0.2) is 0 Å². The maximum Gasteiger partial charge on any atom is 0.132 e.